The minimum Gasteiger partial charge on any atom is -0.497 e. The number of aromatic nitrogens is 3. The summed E-state index contributed by atoms with van der Waals surface area (Å²) in [6, 6.07) is 12.3. The van der Waals surface area contributed by atoms with E-state index in [1.54, 1.807) is 30.3 Å². The number of nitrogen functional groups attached to an aromatic ring is 1. The van der Waals surface area contributed by atoms with E-state index in [-0.39, 0.29) is 11.5 Å². The van der Waals surface area contributed by atoms with Crippen molar-refractivity contribution in [1.29, 1.82) is 0 Å². The highest BCUT2D eigenvalue weighted by Gasteiger charge is 2.19. The standard InChI is InChI=1S/C18H18ClN5O3/c1-26-13-7-8-15(27-2)14(9-13)21-18(25)16-17(20)24(23-22-16)10-11-3-5-12(19)6-4-11/h3-9H,10,20H2,1-2H3,(H,21,25). The molecule has 1 heterocycles. The van der Waals surface area contributed by atoms with Crippen molar-refractivity contribution in [2.75, 3.05) is 25.3 Å². The molecule has 0 fully saturated rings. The number of halogens is 1. The van der Waals surface area contributed by atoms with E-state index in [2.05, 4.69) is 15.6 Å². The zero-order chi connectivity index (χ0) is 19.4. The molecule has 1 aromatic heterocycles. The first-order valence-electron chi connectivity index (χ1n) is 7.98. The van der Waals surface area contributed by atoms with Crippen LogP contribution in [0.5, 0.6) is 11.5 Å². The molecule has 1 amide bonds. The molecule has 2 aromatic carbocycles. The van der Waals surface area contributed by atoms with Gasteiger partial charge in [0.05, 0.1) is 26.5 Å². The SMILES string of the molecule is COc1ccc(OC)c(NC(=O)c2nnn(Cc3ccc(Cl)cc3)c2N)c1. The lowest BCUT2D eigenvalue weighted by molar-refractivity contribution is 0.102. The number of carbonyl (C=O) groups excluding carboxylic acids is 1. The maximum Gasteiger partial charge on any atom is 0.280 e. The van der Waals surface area contributed by atoms with Crippen LogP contribution in [-0.2, 0) is 6.54 Å². The Hall–Kier alpha value is -3.26. The summed E-state index contributed by atoms with van der Waals surface area (Å²) in [7, 11) is 3.04. The highest BCUT2D eigenvalue weighted by atomic mass is 35.5. The summed E-state index contributed by atoms with van der Waals surface area (Å²) in [5.74, 6) is 0.715. The number of benzene rings is 2. The highest BCUT2D eigenvalue weighted by molar-refractivity contribution is 6.30. The van der Waals surface area contributed by atoms with Crippen LogP contribution in [0.1, 0.15) is 16.1 Å². The van der Waals surface area contributed by atoms with Crippen LogP contribution in [-0.4, -0.2) is 35.1 Å². The Morgan fingerprint density at radius 3 is 2.59 bits per heavy atom. The Labute approximate surface area is 160 Å². The predicted molar refractivity (Wildman–Crippen MR) is 102 cm³/mol. The molecule has 0 aliphatic rings. The fraction of sp³-hybridized carbons (Fsp3) is 0.167. The van der Waals surface area contributed by atoms with E-state index in [1.807, 2.05) is 12.1 Å². The summed E-state index contributed by atoms with van der Waals surface area (Å²) in [5.41, 5.74) is 7.45. The normalized spacial score (nSPS) is 10.5. The van der Waals surface area contributed by atoms with Gasteiger partial charge in [0, 0.05) is 11.1 Å². The smallest absolute Gasteiger partial charge is 0.280 e. The average molecular weight is 388 g/mol. The number of amides is 1. The predicted octanol–water partition coefficient (Wildman–Crippen LogP) is 2.83. The molecule has 0 aliphatic carbocycles. The van der Waals surface area contributed by atoms with Gasteiger partial charge in [0.15, 0.2) is 11.5 Å². The first-order valence-corrected chi connectivity index (χ1v) is 8.36. The lowest BCUT2D eigenvalue weighted by Crippen LogP contribution is -2.16. The number of ether oxygens (including phenoxy) is 2. The summed E-state index contributed by atoms with van der Waals surface area (Å²) < 4.78 is 11.9. The van der Waals surface area contributed by atoms with Crippen molar-refractivity contribution >= 4 is 29.0 Å². The van der Waals surface area contributed by atoms with E-state index in [0.29, 0.717) is 28.8 Å². The summed E-state index contributed by atoms with van der Waals surface area (Å²) in [6.45, 7) is 0.367. The molecule has 140 valence electrons. The second-order valence-electron chi connectivity index (χ2n) is 5.63. The molecule has 9 heteroatoms. The molecule has 0 unspecified atom stereocenters. The minimum atomic E-state index is -0.499. The van der Waals surface area contributed by atoms with Crippen molar-refractivity contribution in [2.24, 2.45) is 0 Å². The molecular formula is C18H18ClN5O3. The summed E-state index contributed by atoms with van der Waals surface area (Å²) in [4.78, 5) is 12.6. The molecule has 3 N–H and O–H groups in total. The maximum atomic E-state index is 12.6. The van der Waals surface area contributed by atoms with E-state index < -0.39 is 5.91 Å². The monoisotopic (exact) mass is 387 g/mol. The van der Waals surface area contributed by atoms with Gasteiger partial charge in [-0.3, -0.25) is 4.79 Å². The molecule has 0 aliphatic heterocycles. The van der Waals surface area contributed by atoms with Crippen molar-refractivity contribution in [1.82, 2.24) is 15.0 Å². The number of hydrogen-bond donors (Lipinski definition) is 2. The first kappa shape index (κ1) is 18.5. The fourth-order valence-electron chi connectivity index (χ4n) is 2.45. The van der Waals surface area contributed by atoms with Crippen LogP contribution in [0.15, 0.2) is 42.5 Å². The summed E-state index contributed by atoms with van der Waals surface area (Å²) in [5, 5.41) is 11.2. The maximum absolute atomic E-state index is 12.6. The molecule has 0 saturated heterocycles. The van der Waals surface area contributed by atoms with Crippen molar-refractivity contribution < 1.29 is 14.3 Å². The van der Waals surface area contributed by atoms with Crippen molar-refractivity contribution in [2.45, 2.75) is 6.54 Å². The van der Waals surface area contributed by atoms with Gasteiger partial charge in [-0.15, -0.1) is 5.10 Å². The number of methoxy groups -OCH3 is 2. The number of nitrogens with zero attached hydrogens (tertiary/aromatic N) is 3. The third-order valence-electron chi connectivity index (χ3n) is 3.89. The number of hydrogen-bond acceptors (Lipinski definition) is 6. The number of nitrogens with one attached hydrogen (secondary N) is 1. The van der Waals surface area contributed by atoms with Crippen LogP contribution < -0.4 is 20.5 Å². The van der Waals surface area contributed by atoms with Crippen molar-refractivity contribution in [3.05, 3.63) is 58.7 Å². The van der Waals surface area contributed by atoms with E-state index in [0.717, 1.165) is 5.56 Å². The number of nitrogens with two attached hydrogens (primary N) is 1. The Balaban J connectivity index is 1.80. The van der Waals surface area contributed by atoms with Gasteiger partial charge in [0.2, 0.25) is 0 Å². The van der Waals surface area contributed by atoms with Gasteiger partial charge in [0.1, 0.15) is 11.5 Å². The number of carbonyl (C=O) groups is 1. The lowest BCUT2D eigenvalue weighted by Gasteiger charge is -2.11. The number of anilines is 2. The van der Waals surface area contributed by atoms with E-state index in [9.17, 15) is 4.79 Å². The lowest BCUT2D eigenvalue weighted by atomic mass is 10.2. The zero-order valence-corrected chi connectivity index (χ0v) is 15.5. The van der Waals surface area contributed by atoms with Crippen LogP contribution in [0.3, 0.4) is 0 Å². The average Bonchev–Trinajstić information content (AvgIpc) is 3.04. The molecule has 8 nitrogen and oxygen atoms in total. The third kappa shape index (κ3) is 4.12. The molecule has 0 saturated carbocycles. The van der Waals surface area contributed by atoms with Crippen LogP contribution in [0, 0.1) is 0 Å². The van der Waals surface area contributed by atoms with Gasteiger partial charge >= 0.3 is 0 Å². The Kier molecular flexibility index (Phi) is 5.46. The van der Waals surface area contributed by atoms with Gasteiger partial charge < -0.3 is 20.5 Å². The van der Waals surface area contributed by atoms with Crippen LogP contribution in [0.25, 0.3) is 0 Å². The van der Waals surface area contributed by atoms with Crippen molar-refractivity contribution in [3.8, 4) is 11.5 Å². The molecule has 27 heavy (non-hydrogen) atoms. The van der Waals surface area contributed by atoms with Gasteiger partial charge in [-0.25, -0.2) is 4.68 Å². The molecule has 0 spiro atoms. The minimum absolute atomic E-state index is 0.0221. The van der Waals surface area contributed by atoms with E-state index in [4.69, 9.17) is 26.8 Å². The molecule has 0 atom stereocenters. The largest absolute Gasteiger partial charge is 0.497 e. The van der Waals surface area contributed by atoms with Crippen LogP contribution in [0.4, 0.5) is 11.5 Å². The highest BCUT2D eigenvalue weighted by Crippen LogP contribution is 2.29. The molecule has 3 rings (SSSR count). The Morgan fingerprint density at radius 2 is 1.93 bits per heavy atom. The number of rotatable bonds is 6. The van der Waals surface area contributed by atoms with E-state index in [1.165, 1.54) is 18.9 Å². The topological polar surface area (TPSA) is 104 Å². The Morgan fingerprint density at radius 1 is 1.19 bits per heavy atom. The van der Waals surface area contributed by atoms with Gasteiger partial charge in [-0.2, -0.15) is 0 Å². The second-order valence-corrected chi connectivity index (χ2v) is 6.06. The Bertz CT molecular complexity index is 956. The fourth-order valence-corrected chi connectivity index (χ4v) is 2.58. The summed E-state index contributed by atoms with van der Waals surface area (Å²) in [6.07, 6.45) is 0. The quantitative estimate of drug-likeness (QED) is 0.674. The molecule has 0 bridgehead atoms. The van der Waals surface area contributed by atoms with Gasteiger partial charge in [-0.1, -0.05) is 28.9 Å². The molecule has 3 aromatic rings. The molecule has 0 radical (unpaired) electrons. The third-order valence-corrected chi connectivity index (χ3v) is 4.14. The van der Waals surface area contributed by atoms with Crippen LogP contribution in [0.2, 0.25) is 5.02 Å². The second kappa shape index (κ2) is 7.96. The van der Waals surface area contributed by atoms with Crippen molar-refractivity contribution in [3.63, 3.8) is 0 Å². The first-order chi connectivity index (χ1) is 13.0. The van der Waals surface area contributed by atoms with Gasteiger partial charge in [-0.05, 0) is 29.8 Å². The zero-order valence-electron chi connectivity index (χ0n) is 14.8. The summed E-state index contributed by atoms with van der Waals surface area (Å²) >= 11 is 5.88. The van der Waals surface area contributed by atoms with E-state index >= 15 is 0 Å². The van der Waals surface area contributed by atoms with Crippen LogP contribution >= 0.6 is 11.6 Å². The van der Waals surface area contributed by atoms with Gasteiger partial charge in [0.25, 0.3) is 5.91 Å². The molecular weight excluding hydrogens is 370 g/mol.